The third-order valence-corrected chi connectivity index (χ3v) is 2.13. The highest BCUT2D eigenvalue weighted by atomic mass is 35.5. The Morgan fingerprint density at radius 2 is 1.83 bits per heavy atom. The molecule has 0 aliphatic carbocycles. The number of halogens is 2. The van der Waals surface area contributed by atoms with E-state index in [9.17, 15) is 0 Å². The Morgan fingerprint density at radius 3 is 2.67 bits per heavy atom. The fraction of sp³-hybridized carbons (Fsp3) is 0. The molecule has 2 rings (SSSR count). The van der Waals surface area contributed by atoms with Crippen molar-refractivity contribution >= 4 is 34.1 Å². The van der Waals surface area contributed by atoms with E-state index in [-0.39, 0.29) is 0 Å². The van der Waals surface area contributed by atoms with E-state index in [0.29, 0.717) is 5.02 Å². The van der Waals surface area contributed by atoms with Gasteiger partial charge in [-0.3, -0.25) is 0 Å². The number of pyridine rings is 1. The second-order valence-electron chi connectivity index (χ2n) is 2.55. The van der Waals surface area contributed by atoms with E-state index < -0.39 is 0 Å². The van der Waals surface area contributed by atoms with Crippen molar-refractivity contribution in [3.8, 4) is 0 Å². The molecular weight excluding hydrogens is 193 g/mol. The lowest BCUT2D eigenvalue weighted by atomic mass is 10.2. The van der Waals surface area contributed by atoms with Gasteiger partial charge in [-0.1, -0.05) is 23.2 Å². The van der Waals surface area contributed by atoms with Gasteiger partial charge in [0.05, 0.1) is 0 Å². The van der Waals surface area contributed by atoms with Crippen molar-refractivity contribution in [1.29, 1.82) is 0 Å². The number of nitrogens with one attached hydrogen (secondary N) is 1. The van der Waals surface area contributed by atoms with Gasteiger partial charge in [-0.25, -0.2) is 4.98 Å². The van der Waals surface area contributed by atoms with Crippen LogP contribution in [0.4, 0.5) is 0 Å². The lowest BCUT2D eigenvalue weighted by Crippen LogP contribution is -2.01. The van der Waals surface area contributed by atoms with Gasteiger partial charge in [0.25, 0.3) is 0 Å². The number of aromatic amines is 1. The fourth-order valence-corrected chi connectivity index (χ4v) is 1.46. The number of aromatic nitrogens is 1. The van der Waals surface area contributed by atoms with Gasteiger partial charge in [-0.2, -0.15) is 0 Å². The summed E-state index contributed by atoms with van der Waals surface area (Å²) in [5.41, 5.74) is 0.993. The maximum atomic E-state index is 5.81. The summed E-state index contributed by atoms with van der Waals surface area (Å²) in [4.78, 5) is 3.04. The summed E-state index contributed by atoms with van der Waals surface area (Å²) in [5.74, 6) is 0. The Labute approximate surface area is 79.9 Å². The number of rotatable bonds is 0. The molecule has 0 saturated carbocycles. The smallest absolute Gasteiger partial charge is 0.210 e. The molecule has 1 aromatic carbocycles. The molecule has 0 aliphatic rings. The summed E-state index contributed by atoms with van der Waals surface area (Å²) >= 11 is 11.6. The zero-order valence-electron chi connectivity index (χ0n) is 6.14. The summed E-state index contributed by atoms with van der Waals surface area (Å²) in [6, 6.07) is 7.53. The summed E-state index contributed by atoms with van der Waals surface area (Å²) in [7, 11) is 0. The first-order valence-corrected chi connectivity index (χ1v) is 4.28. The highest BCUT2D eigenvalue weighted by Crippen LogP contribution is 2.17. The highest BCUT2D eigenvalue weighted by molar-refractivity contribution is 6.32. The molecule has 1 aromatic heterocycles. The Bertz CT molecular complexity index is 385. The molecule has 0 atom stereocenters. The molecule has 1 nitrogen and oxygen atoms in total. The molecular formula is C9H6Cl2N+. The van der Waals surface area contributed by atoms with Gasteiger partial charge in [-0.15, -0.1) is 0 Å². The van der Waals surface area contributed by atoms with Gasteiger partial charge in [0.15, 0.2) is 6.20 Å². The molecule has 0 saturated heterocycles. The van der Waals surface area contributed by atoms with Crippen LogP contribution in [0.5, 0.6) is 0 Å². The van der Waals surface area contributed by atoms with Crippen LogP contribution in [0.15, 0.2) is 30.5 Å². The van der Waals surface area contributed by atoms with Crippen LogP contribution < -0.4 is 4.98 Å². The van der Waals surface area contributed by atoms with Gasteiger partial charge < -0.3 is 0 Å². The minimum Gasteiger partial charge on any atom is -0.210 e. The first kappa shape index (κ1) is 7.84. The third kappa shape index (κ3) is 1.38. The number of benzene rings is 1. The summed E-state index contributed by atoms with van der Waals surface area (Å²) < 4.78 is 0. The van der Waals surface area contributed by atoms with Crippen molar-refractivity contribution < 1.29 is 4.98 Å². The van der Waals surface area contributed by atoms with Gasteiger partial charge in [0, 0.05) is 16.5 Å². The van der Waals surface area contributed by atoms with Crippen LogP contribution in [-0.2, 0) is 0 Å². The molecule has 0 unspecified atom stereocenters. The summed E-state index contributed by atoms with van der Waals surface area (Å²) in [5, 5.41) is 2.48. The highest BCUT2D eigenvalue weighted by Gasteiger charge is 2.01. The molecule has 1 N–H and O–H groups in total. The van der Waals surface area contributed by atoms with Crippen LogP contribution in [0.25, 0.3) is 10.9 Å². The zero-order valence-corrected chi connectivity index (χ0v) is 7.65. The molecule has 0 bridgehead atoms. The van der Waals surface area contributed by atoms with Crippen LogP contribution in [0, 0.1) is 0 Å². The summed E-state index contributed by atoms with van der Waals surface area (Å²) in [6.45, 7) is 0. The van der Waals surface area contributed by atoms with Gasteiger partial charge >= 0.3 is 0 Å². The monoisotopic (exact) mass is 198 g/mol. The second-order valence-corrected chi connectivity index (χ2v) is 3.42. The van der Waals surface area contributed by atoms with Crippen molar-refractivity contribution in [3.63, 3.8) is 0 Å². The fourth-order valence-electron chi connectivity index (χ4n) is 1.12. The molecule has 1 heterocycles. The molecule has 0 aliphatic heterocycles. The van der Waals surface area contributed by atoms with E-state index in [1.54, 1.807) is 6.20 Å². The van der Waals surface area contributed by atoms with Crippen molar-refractivity contribution in [2.75, 3.05) is 0 Å². The average molecular weight is 199 g/mol. The first-order chi connectivity index (χ1) is 5.75. The quantitative estimate of drug-likeness (QED) is 0.619. The van der Waals surface area contributed by atoms with Crippen LogP contribution in [-0.4, -0.2) is 0 Å². The predicted octanol–water partition coefficient (Wildman–Crippen LogP) is 2.96. The minimum atomic E-state index is 0.699. The molecule has 0 spiro atoms. The van der Waals surface area contributed by atoms with E-state index in [4.69, 9.17) is 23.2 Å². The Kier molecular flexibility index (Phi) is 1.91. The number of hydrogen-bond donors (Lipinski definition) is 0. The average Bonchev–Trinajstić information content (AvgIpc) is 2.05. The number of H-pyrrole nitrogens is 1. The van der Waals surface area contributed by atoms with Crippen LogP contribution >= 0.6 is 23.2 Å². The molecule has 60 valence electrons. The normalized spacial score (nSPS) is 10.5. The van der Waals surface area contributed by atoms with E-state index >= 15 is 0 Å². The largest absolute Gasteiger partial charge is 0.212 e. The molecule has 3 heteroatoms. The third-order valence-electron chi connectivity index (χ3n) is 1.67. The van der Waals surface area contributed by atoms with Gasteiger partial charge in [0.2, 0.25) is 5.52 Å². The van der Waals surface area contributed by atoms with Crippen LogP contribution in [0.1, 0.15) is 0 Å². The standard InChI is InChI=1S/C9H5Cl2N/c10-7-2-1-6-3-8(11)5-12-9(6)4-7/h1-5H/p+1. The Morgan fingerprint density at radius 1 is 1.00 bits per heavy atom. The van der Waals surface area contributed by atoms with Crippen molar-refractivity contribution in [2.45, 2.75) is 0 Å². The van der Waals surface area contributed by atoms with Gasteiger partial charge in [-0.05, 0) is 18.2 Å². The van der Waals surface area contributed by atoms with Crippen molar-refractivity contribution in [2.24, 2.45) is 0 Å². The van der Waals surface area contributed by atoms with E-state index in [1.165, 1.54) is 0 Å². The number of hydrogen-bond acceptors (Lipinski definition) is 0. The number of fused-ring (bicyclic) bond motifs is 1. The van der Waals surface area contributed by atoms with E-state index in [2.05, 4.69) is 4.98 Å². The van der Waals surface area contributed by atoms with E-state index in [0.717, 1.165) is 15.9 Å². The Hall–Kier alpha value is -0.790. The predicted molar refractivity (Wildman–Crippen MR) is 50.5 cm³/mol. The van der Waals surface area contributed by atoms with Gasteiger partial charge in [0.1, 0.15) is 5.02 Å². The lowest BCUT2D eigenvalue weighted by Gasteiger charge is -1.92. The van der Waals surface area contributed by atoms with Crippen molar-refractivity contribution in [1.82, 2.24) is 0 Å². The topological polar surface area (TPSA) is 14.1 Å². The summed E-state index contributed by atoms with van der Waals surface area (Å²) in [6.07, 6.45) is 1.74. The van der Waals surface area contributed by atoms with E-state index in [1.807, 2.05) is 24.3 Å². The SMILES string of the molecule is Clc1c[nH+]c2cc(Cl)ccc2c1. The minimum absolute atomic E-state index is 0.699. The molecule has 12 heavy (non-hydrogen) atoms. The maximum absolute atomic E-state index is 5.81. The lowest BCUT2D eigenvalue weighted by molar-refractivity contribution is -0.344. The molecule has 0 amide bonds. The van der Waals surface area contributed by atoms with Crippen LogP contribution in [0.3, 0.4) is 0 Å². The first-order valence-electron chi connectivity index (χ1n) is 3.52. The maximum Gasteiger partial charge on any atom is 0.212 e. The van der Waals surface area contributed by atoms with Crippen LogP contribution in [0.2, 0.25) is 10.0 Å². The Balaban J connectivity index is 2.79. The van der Waals surface area contributed by atoms with Crippen molar-refractivity contribution in [3.05, 3.63) is 40.5 Å². The molecule has 0 fully saturated rings. The second kappa shape index (κ2) is 2.92. The molecule has 2 aromatic rings. The molecule has 0 radical (unpaired) electrons. The zero-order chi connectivity index (χ0) is 8.55.